The van der Waals surface area contributed by atoms with Crippen molar-refractivity contribution in [3.63, 3.8) is 0 Å². The van der Waals surface area contributed by atoms with Gasteiger partial charge in [-0.05, 0) is 42.8 Å². The molecule has 1 aromatic carbocycles. The van der Waals surface area contributed by atoms with Crippen molar-refractivity contribution in [2.75, 3.05) is 29.6 Å². The molecule has 6 heteroatoms. The van der Waals surface area contributed by atoms with Crippen LogP contribution in [0.4, 0.5) is 17.2 Å². The van der Waals surface area contributed by atoms with E-state index in [0.717, 1.165) is 11.3 Å². The van der Waals surface area contributed by atoms with Crippen molar-refractivity contribution in [2.24, 2.45) is 0 Å². The van der Waals surface area contributed by atoms with Crippen molar-refractivity contribution in [1.29, 1.82) is 0 Å². The number of hydrogen-bond acceptors (Lipinski definition) is 4. The van der Waals surface area contributed by atoms with Gasteiger partial charge in [0.15, 0.2) is 0 Å². The number of hydrogen-bond donors (Lipinski definition) is 2. The molecule has 0 atom stereocenters. The van der Waals surface area contributed by atoms with Gasteiger partial charge < -0.3 is 15.5 Å². The Morgan fingerprint density at radius 1 is 1.05 bits per heavy atom. The zero-order valence-electron chi connectivity index (χ0n) is 12.8. The Balaban J connectivity index is 2.02. The molecule has 2 aromatic rings. The van der Waals surface area contributed by atoms with Gasteiger partial charge in [0.1, 0.15) is 5.82 Å². The minimum atomic E-state index is -0.756. The van der Waals surface area contributed by atoms with Crippen LogP contribution >= 0.6 is 0 Å². The third kappa shape index (κ3) is 4.05. The largest absolute Gasteiger partial charge is 0.378 e. The number of pyridine rings is 1. The van der Waals surface area contributed by atoms with Gasteiger partial charge in [-0.2, -0.15) is 0 Å². The molecule has 6 nitrogen and oxygen atoms in total. The van der Waals surface area contributed by atoms with Gasteiger partial charge in [0.25, 0.3) is 0 Å². The Hall–Kier alpha value is -2.89. The molecule has 114 valence electrons. The molecule has 2 N–H and O–H groups in total. The third-order valence-electron chi connectivity index (χ3n) is 2.98. The predicted octanol–water partition coefficient (Wildman–Crippen LogP) is 2.03. The van der Waals surface area contributed by atoms with Crippen molar-refractivity contribution >= 4 is 29.0 Å². The summed E-state index contributed by atoms with van der Waals surface area (Å²) >= 11 is 0. The molecular weight excluding hydrogens is 280 g/mol. The summed E-state index contributed by atoms with van der Waals surface area (Å²) in [5, 5.41) is 5.03. The molecule has 2 rings (SSSR count). The zero-order chi connectivity index (χ0) is 16.1. The summed E-state index contributed by atoms with van der Waals surface area (Å²) in [6.45, 7) is 1.88. The number of benzene rings is 1. The summed E-state index contributed by atoms with van der Waals surface area (Å²) < 4.78 is 0. The number of carbonyl (C=O) groups excluding carboxylic acids is 2. The number of nitrogens with zero attached hydrogens (tertiary/aromatic N) is 2. The summed E-state index contributed by atoms with van der Waals surface area (Å²) in [5.74, 6) is -1.14. The van der Waals surface area contributed by atoms with Gasteiger partial charge >= 0.3 is 11.8 Å². The Morgan fingerprint density at radius 2 is 1.77 bits per heavy atom. The number of carbonyl (C=O) groups is 2. The molecule has 0 radical (unpaired) electrons. The van der Waals surface area contributed by atoms with Gasteiger partial charge in [-0.15, -0.1) is 0 Å². The Morgan fingerprint density at radius 3 is 2.45 bits per heavy atom. The van der Waals surface area contributed by atoms with Crippen LogP contribution in [-0.2, 0) is 9.59 Å². The molecule has 0 spiro atoms. The highest BCUT2D eigenvalue weighted by atomic mass is 16.2. The van der Waals surface area contributed by atoms with Crippen LogP contribution in [0.3, 0.4) is 0 Å². The Bertz CT molecular complexity index is 698. The minimum absolute atomic E-state index is 0.349. The fraction of sp³-hybridized carbons (Fsp3) is 0.188. The van der Waals surface area contributed by atoms with Crippen molar-refractivity contribution in [1.82, 2.24) is 4.98 Å². The van der Waals surface area contributed by atoms with Gasteiger partial charge in [0.05, 0.1) is 0 Å². The first-order valence-corrected chi connectivity index (χ1v) is 6.78. The Labute approximate surface area is 129 Å². The highest BCUT2D eigenvalue weighted by Gasteiger charge is 2.14. The van der Waals surface area contributed by atoms with Gasteiger partial charge in [-0.1, -0.05) is 6.07 Å². The number of aryl methyl sites for hydroxylation is 1. The molecule has 1 aromatic heterocycles. The van der Waals surface area contributed by atoms with Crippen LogP contribution in [-0.4, -0.2) is 30.9 Å². The normalized spacial score (nSPS) is 9.95. The summed E-state index contributed by atoms with van der Waals surface area (Å²) in [4.78, 5) is 29.7. The number of amides is 2. The second-order valence-corrected chi connectivity index (χ2v) is 5.07. The molecule has 22 heavy (non-hydrogen) atoms. The summed E-state index contributed by atoms with van der Waals surface area (Å²) in [5.41, 5.74) is 2.44. The summed E-state index contributed by atoms with van der Waals surface area (Å²) in [6, 6.07) is 10.7. The average Bonchev–Trinajstić information content (AvgIpc) is 2.47. The maximum Gasteiger partial charge on any atom is 0.315 e. The quantitative estimate of drug-likeness (QED) is 0.850. The van der Waals surface area contributed by atoms with E-state index in [9.17, 15) is 9.59 Å². The second kappa shape index (κ2) is 6.71. The highest BCUT2D eigenvalue weighted by molar-refractivity contribution is 6.43. The molecule has 0 aliphatic heterocycles. The molecule has 1 heterocycles. The first-order valence-electron chi connectivity index (χ1n) is 6.78. The lowest BCUT2D eigenvalue weighted by Gasteiger charge is -2.13. The fourth-order valence-corrected chi connectivity index (χ4v) is 1.83. The average molecular weight is 298 g/mol. The number of rotatable bonds is 3. The van der Waals surface area contributed by atoms with Crippen LogP contribution in [0, 0.1) is 6.92 Å². The van der Waals surface area contributed by atoms with Crippen molar-refractivity contribution in [3.05, 3.63) is 48.2 Å². The van der Waals surface area contributed by atoms with E-state index in [1.165, 1.54) is 0 Å². The standard InChI is InChI=1S/C16H18N4O2/c1-11-7-8-17-14(9-11)19-16(22)15(21)18-12-5-4-6-13(10-12)20(2)3/h4-10H,1-3H3,(H,18,21)(H,17,19,22). The second-order valence-electron chi connectivity index (χ2n) is 5.07. The SMILES string of the molecule is Cc1ccnc(NC(=O)C(=O)Nc2cccc(N(C)C)c2)c1. The van der Waals surface area contributed by atoms with Gasteiger partial charge in [-0.3, -0.25) is 9.59 Å². The van der Waals surface area contributed by atoms with Crippen molar-refractivity contribution < 1.29 is 9.59 Å². The maximum atomic E-state index is 11.9. The fourth-order valence-electron chi connectivity index (χ4n) is 1.83. The smallest absolute Gasteiger partial charge is 0.315 e. The number of anilines is 3. The topological polar surface area (TPSA) is 74.3 Å². The molecule has 0 saturated carbocycles. The van der Waals surface area contributed by atoms with E-state index in [-0.39, 0.29) is 0 Å². The van der Waals surface area contributed by atoms with E-state index in [2.05, 4.69) is 15.6 Å². The summed E-state index contributed by atoms with van der Waals surface area (Å²) in [6.07, 6.45) is 1.57. The van der Waals surface area contributed by atoms with E-state index in [1.807, 2.05) is 44.1 Å². The predicted molar refractivity (Wildman–Crippen MR) is 87.0 cm³/mol. The lowest BCUT2D eigenvalue weighted by molar-refractivity contribution is -0.133. The van der Waals surface area contributed by atoms with Crippen LogP contribution in [0.1, 0.15) is 5.56 Å². The third-order valence-corrected chi connectivity index (χ3v) is 2.98. The molecular formula is C16H18N4O2. The van der Waals surface area contributed by atoms with Crippen molar-refractivity contribution in [3.8, 4) is 0 Å². The van der Waals surface area contributed by atoms with Crippen LogP contribution in [0.2, 0.25) is 0 Å². The molecule has 2 amide bonds. The molecule has 0 bridgehead atoms. The lowest BCUT2D eigenvalue weighted by Crippen LogP contribution is -2.29. The summed E-state index contributed by atoms with van der Waals surface area (Å²) in [7, 11) is 3.80. The number of aromatic nitrogens is 1. The van der Waals surface area contributed by atoms with Crippen LogP contribution in [0.5, 0.6) is 0 Å². The van der Waals surface area contributed by atoms with Gasteiger partial charge in [0.2, 0.25) is 0 Å². The Kier molecular flexibility index (Phi) is 4.73. The molecule has 0 aliphatic carbocycles. The van der Waals surface area contributed by atoms with Gasteiger partial charge in [-0.25, -0.2) is 4.98 Å². The molecule has 0 unspecified atom stereocenters. The van der Waals surface area contributed by atoms with E-state index >= 15 is 0 Å². The van der Waals surface area contributed by atoms with E-state index in [4.69, 9.17) is 0 Å². The minimum Gasteiger partial charge on any atom is -0.378 e. The van der Waals surface area contributed by atoms with Crippen LogP contribution < -0.4 is 15.5 Å². The number of nitrogens with one attached hydrogen (secondary N) is 2. The molecule has 0 aliphatic rings. The highest BCUT2D eigenvalue weighted by Crippen LogP contribution is 2.17. The van der Waals surface area contributed by atoms with E-state index < -0.39 is 11.8 Å². The monoisotopic (exact) mass is 298 g/mol. The van der Waals surface area contributed by atoms with Crippen molar-refractivity contribution in [2.45, 2.75) is 6.92 Å². The van der Waals surface area contributed by atoms with Crippen LogP contribution in [0.25, 0.3) is 0 Å². The first kappa shape index (κ1) is 15.5. The lowest BCUT2D eigenvalue weighted by atomic mass is 10.2. The molecule has 0 fully saturated rings. The first-order chi connectivity index (χ1) is 10.5. The molecule has 0 saturated heterocycles. The van der Waals surface area contributed by atoms with Crippen LogP contribution in [0.15, 0.2) is 42.6 Å². The van der Waals surface area contributed by atoms with E-state index in [1.54, 1.807) is 24.4 Å². The van der Waals surface area contributed by atoms with E-state index in [0.29, 0.717) is 11.5 Å². The maximum absolute atomic E-state index is 11.9. The van der Waals surface area contributed by atoms with Gasteiger partial charge in [0, 0.05) is 31.7 Å². The zero-order valence-corrected chi connectivity index (χ0v) is 12.8.